The third-order valence-electron chi connectivity index (χ3n) is 1.21. The van der Waals surface area contributed by atoms with Crippen molar-refractivity contribution in [3.63, 3.8) is 0 Å². The topological polar surface area (TPSA) is 63.6 Å². The van der Waals surface area contributed by atoms with E-state index in [0.29, 0.717) is 0 Å². The molecule has 4 nitrogen and oxygen atoms in total. The number of esters is 1. The van der Waals surface area contributed by atoms with Crippen LogP contribution in [-0.4, -0.2) is 16.9 Å². The van der Waals surface area contributed by atoms with Crippen molar-refractivity contribution in [1.29, 1.82) is 0 Å². The molecule has 1 rings (SSSR count). The molecule has 12 heavy (non-hydrogen) atoms. The monoisotopic (exact) mass is 188 g/mol. The molecule has 0 spiro atoms. The summed E-state index contributed by atoms with van der Waals surface area (Å²) >= 11 is 5.45. The van der Waals surface area contributed by atoms with Crippen LogP contribution in [0.25, 0.3) is 0 Å². The summed E-state index contributed by atoms with van der Waals surface area (Å²) in [6, 6.07) is 0. The van der Waals surface area contributed by atoms with Gasteiger partial charge in [-0.1, -0.05) is 11.6 Å². The molecular weight excluding hydrogens is 184 g/mol. The normalized spacial score (nSPS) is 20.2. The van der Waals surface area contributed by atoms with Gasteiger partial charge in [0.25, 0.3) is 0 Å². The Bertz CT molecular complexity index is 313. The molecule has 0 radical (unpaired) electrons. The zero-order valence-electron chi connectivity index (χ0n) is 6.13. The van der Waals surface area contributed by atoms with Crippen LogP contribution in [0, 0.1) is 0 Å². The number of hydrogen-bond acceptors (Lipinski definition) is 4. The van der Waals surface area contributed by atoms with E-state index in [0.717, 1.165) is 6.08 Å². The van der Waals surface area contributed by atoms with Crippen molar-refractivity contribution in [1.82, 2.24) is 0 Å². The lowest BCUT2D eigenvalue weighted by atomic mass is 10.3. The average molecular weight is 189 g/mol. The Morgan fingerprint density at radius 3 is 2.58 bits per heavy atom. The minimum Gasteiger partial charge on any atom is -0.502 e. The molecule has 0 saturated carbocycles. The molecule has 0 bridgehead atoms. The molecule has 0 aromatic heterocycles. The SMILES string of the molecule is CC(=O)/C(Cl)=C1\C=C(O)C(=O)O1. The molecule has 1 aliphatic rings. The summed E-state index contributed by atoms with van der Waals surface area (Å²) in [4.78, 5) is 21.2. The van der Waals surface area contributed by atoms with E-state index in [2.05, 4.69) is 4.74 Å². The molecule has 0 atom stereocenters. The number of aliphatic hydroxyl groups is 1. The summed E-state index contributed by atoms with van der Waals surface area (Å²) in [5.74, 6) is -1.98. The van der Waals surface area contributed by atoms with E-state index in [4.69, 9.17) is 16.7 Å². The second kappa shape index (κ2) is 2.98. The van der Waals surface area contributed by atoms with Gasteiger partial charge in [0, 0.05) is 13.0 Å². The lowest BCUT2D eigenvalue weighted by Crippen LogP contribution is -1.99. The highest BCUT2D eigenvalue weighted by Crippen LogP contribution is 2.21. The van der Waals surface area contributed by atoms with E-state index in [1.54, 1.807) is 0 Å². The molecule has 0 fully saturated rings. The van der Waals surface area contributed by atoms with E-state index < -0.39 is 17.5 Å². The molecule has 0 saturated heterocycles. The number of hydrogen-bond donors (Lipinski definition) is 1. The Kier molecular flexibility index (Phi) is 2.19. The van der Waals surface area contributed by atoms with Crippen molar-refractivity contribution in [2.45, 2.75) is 6.92 Å². The second-order valence-corrected chi connectivity index (χ2v) is 2.53. The summed E-state index contributed by atoms with van der Waals surface area (Å²) in [5, 5.41) is 8.58. The Morgan fingerprint density at radius 2 is 2.25 bits per heavy atom. The Balaban J connectivity index is 3.03. The maximum absolute atomic E-state index is 10.7. The molecule has 1 heterocycles. The molecule has 64 valence electrons. The number of cyclic esters (lactones) is 1. The summed E-state index contributed by atoms with van der Waals surface area (Å²) in [6.07, 6.45) is 1.01. The van der Waals surface area contributed by atoms with Gasteiger partial charge in [-0.25, -0.2) is 4.79 Å². The minimum absolute atomic E-state index is 0.105. The standard InChI is InChI=1S/C7H5ClO4/c1-3(9)6(8)5-2-4(10)7(11)12-5/h2,10H,1H3/b6-5-. The number of carbonyl (C=O) groups is 2. The van der Waals surface area contributed by atoms with E-state index in [9.17, 15) is 9.59 Å². The quantitative estimate of drug-likeness (QED) is 0.493. The number of rotatable bonds is 1. The maximum Gasteiger partial charge on any atom is 0.378 e. The van der Waals surface area contributed by atoms with E-state index in [1.807, 2.05) is 0 Å². The van der Waals surface area contributed by atoms with Gasteiger partial charge in [-0.3, -0.25) is 4.79 Å². The first-order valence-electron chi connectivity index (χ1n) is 3.06. The van der Waals surface area contributed by atoms with Crippen LogP contribution in [-0.2, 0) is 14.3 Å². The van der Waals surface area contributed by atoms with Crippen molar-refractivity contribution in [3.05, 3.63) is 22.6 Å². The van der Waals surface area contributed by atoms with Crippen LogP contribution < -0.4 is 0 Å². The highest BCUT2D eigenvalue weighted by atomic mass is 35.5. The van der Waals surface area contributed by atoms with Gasteiger partial charge in [-0.15, -0.1) is 0 Å². The van der Waals surface area contributed by atoms with Crippen LogP contribution in [0.1, 0.15) is 6.92 Å². The van der Waals surface area contributed by atoms with Crippen LogP contribution in [0.15, 0.2) is 22.6 Å². The van der Waals surface area contributed by atoms with E-state index >= 15 is 0 Å². The smallest absolute Gasteiger partial charge is 0.378 e. The fourth-order valence-corrected chi connectivity index (χ4v) is 0.740. The second-order valence-electron chi connectivity index (χ2n) is 2.15. The maximum atomic E-state index is 10.7. The molecule has 0 aliphatic carbocycles. The largest absolute Gasteiger partial charge is 0.502 e. The summed E-state index contributed by atoms with van der Waals surface area (Å²) in [6.45, 7) is 1.23. The van der Waals surface area contributed by atoms with Gasteiger partial charge < -0.3 is 9.84 Å². The van der Waals surface area contributed by atoms with Crippen molar-refractivity contribution in [3.8, 4) is 0 Å². The third kappa shape index (κ3) is 1.48. The van der Waals surface area contributed by atoms with Crippen molar-refractivity contribution in [2.75, 3.05) is 0 Å². The number of halogens is 1. The average Bonchev–Trinajstić information content (AvgIpc) is 2.30. The minimum atomic E-state index is -0.899. The zero-order valence-corrected chi connectivity index (χ0v) is 6.88. The first-order valence-corrected chi connectivity index (χ1v) is 3.43. The highest BCUT2D eigenvalue weighted by molar-refractivity contribution is 6.42. The number of ketones is 1. The third-order valence-corrected chi connectivity index (χ3v) is 1.66. The first kappa shape index (κ1) is 8.80. The fourth-order valence-electron chi connectivity index (χ4n) is 0.646. The van der Waals surface area contributed by atoms with E-state index in [-0.39, 0.29) is 10.8 Å². The van der Waals surface area contributed by atoms with Crippen molar-refractivity contribution < 1.29 is 19.4 Å². The zero-order chi connectivity index (χ0) is 9.30. The molecule has 0 unspecified atom stereocenters. The lowest BCUT2D eigenvalue weighted by molar-refractivity contribution is -0.135. The van der Waals surface area contributed by atoms with Crippen molar-refractivity contribution in [2.24, 2.45) is 0 Å². The number of aliphatic hydroxyl groups excluding tert-OH is 1. The van der Waals surface area contributed by atoms with E-state index in [1.165, 1.54) is 6.92 Å². The van der Waals surface area contributed by atoms with Gasteiger partial charge in [0.2, 0.25) is 5.76 Å². The molecule has 1 N–H and O–H groups in total. The number of allylic oxidation sites excluding steroid dienone is 2. The number of ether oxygens (including phenoxy) is 1. The van der Waals surface area contributed by atoms with Crippen molar-refractivity contribution >= 4 is 23.4 Å². The van der Waals surface area contributed by atoms with Gasteiger partial charge in [0.05, 0.1) is 0 Å². The Hall–Kier alpha value is -1.29. The van der Waals surface area contributed by atoms with Gasteiger partial charge in [-0.05, 0) is 0 Å². The predicted molar refractivity (Wildman–Crippen MR) is 40.4 cm³/mol. The summed E-state index contributed by atoms with van der Waals surface area (Å²) in [7, 11) is 0. The first-order chi connectivity index (χ1) is 5.52. The van der Waals surface area contributed by atoms with Crippen LogP contribution >= 0.6 is 11.6 Å². The number of carbonyl (C=O) groups excluding carboxylic acids is 2. The predicted octanol–water partition coefficient (Wildman–Crippen LogP) is 1.02. The molecule has 0 aromatic carbocycles. The van der Waals surface area contributed by atoms with Crippen LogP contribution in [0.3, 0.4) is 0 Å². The Morgan fingerprint density at radius 1 is 1.67 bits per heavy atom. The van der Waals surface area contributed by atoms with Gasteiger partial charge >= 0.3 is 5.97 Å². The van der Waals surface area contributed by atoms with Gasteiger partial charge in [0.1, 0.15) is 5.03 Å². The molecule has 0 aromatic rings. The van der Waals surface area contributed by atoms with Gasteiger partial charge in [-0.2, -0.15) is 0 Å². The van der Waals surface area contributed by atoms with Crippen LogP contribution in [0.4, 0.5) is 0 Å². The fraction of sp³-hybridized carbons (Fsp3) is 0.143. The highest BCUT2D eigenvalue weighted by Gasteiger charge is 2.23. The number of Topliss-reactive ketones (excluding diaryl/α,β-unsaturated/α-hetero) is 1. The molecule has 1 aliphatic heterocycles. The molecule has 5 heteroatoms. The molecule has 0 amide bonds. The summed E-state index contributed by atoms with van der Waals surface area (Å²) < 4.78 is 4.44. The molecular formula is C7H5ClO4. The summed E-state index contributed by atoms with van der Waals surface area (Å²) in [5.41, 5.74) is 0. The Labute approximate surface area is 73.1 Å². The lowest BCUT2D eigenvalue weighted by Gasteiger charge is -1.95. The van der Waals surface area contributed by atoms with Crippen LogP contribution in [0.5, 0.6) is 0 Å². The van der Waals surface area contributed by atoms with Crippen LogP contribution in [0.2, 0.25) is 0 Å². The van der Waals surface area contributed by atoms with Gasteiger partial charge in [0.15, 0.2) is 11.5 Å².